The van der Waals surface area contributed by atoms with Crippen molar-refractivity contribution in [2.75, 3.05) is 6.54 Å². The van der Waals surface area contributed by atoms with Gasteiger partial charge in [-0.3, -0.25) is 0 Å². The molecule has 0 spiro atoms. The molecule has 2 N–H and O–H groups in total. The van der Waals surface area contributed by atoms with Crippen molar-refractivity contribution in [2.24, 2.45) is 5.92 Å². The zero-order valence-corrected chi connectivity index (χ0v) is 10.3. The number of hydrogen-bond donors (Lipinski definition) is 2. The van der Waals surface area contributed by atoms with Crippen molar-refractivity contribution in [3.63, 3.8) is 0 Å². The maximum atomic E-state index is 10.1. The van der Waals surface area contributed by atoms with Crippen LogP contribution >= 0.6 is 0 Å². The van der Waals surface area contributed by atoms with Gasteiger partial charge in [0.05, 0.1) is 6.10 Å². The summed E-state index contributed by atoms with van der Waals surface area (Å²) in [5.41, 5.74) is 0. The van der Waals surface area contributed by atoms with E-state index in [-0.39, 0.29) is 6.10 Å². The summed E-state index contributed by atoms with van der Waals surface area (Å²) in [6, 6.07) is 0.406. The molecule has 90 valence electrons. The quantitative estimate of drug-likeness (QED) is 0.739. The van der Waals surface area contributed by atoms with Crippen molar-refractivity contribution < 1.29 is 5.11 Å². The van der Waals surface area contributed by atoms with Crippen molar-refractivity contribution in [2.45, 2.75) is 70.9 Å². The second kappa shape index (κ2) is 7.24. The van der Waals surface area contributed by atoms with E-state index in [0.717, 1.165) is 6.54 Å². The van der Waals surface area contributed by atoms with Gasteiger partial charge in [0.2, 0.25) is 0 Å². The Hall–Kier alpha value is -0.0800. The van der Waals surface area contributed by atoms with Gasteiger partial charge in [0.25, 0.3) is 0 Å². The predicted octanol–water partition coefficient (Wildman–Crippen LogP) is 2.71. The number of nitrogens with one attached hydrogen (secondary N) is 1. The molecule has 2 aliphatic rings. The summed E-state index contributed by atoms with van der Waals surface area (Å²) in [6.45, 7) is 5.11. The summed E-state index contributed by atoms with van der Waals surface area (Å²) in [6.07, 6.45) is 8.89. The van der Waals surface area contributed by atoms with Crippen LogP contribution in [-0.2, 0) is 0 Å². The van der Waals surface area contributed by atoms with Crippen LogP contribution in [0.4, 0.5) is 0 Å². The fourth-order valence-electron chi connectivity index (χ4n) is 2.81. The fourth-order valence-corrected chi connectivity index (χ4v) is 2.81. The van der Waals surface area contributed by atoms with Gasteiger partial charge < -0.3 is 10.4 Å². The van der Waals surface area contributed by atoms with Crippen LogP contribution in [0.2, 0.25) is 0 Å². The highest BCUT2D eigenvalue weighted by Crippen LogP contribution is 2.29. The van der Waals surface area contributed by atoms with Crippen molar-refractivity contribution in [3.8, 4) is 0 Å². The molecule has 0 bridgehead atoms. The van der Waals surface area contributed by atoms with Crippen LogP contribution in [0.5, 0.6) is 0 Å². The molecule has 1 saturated carbocycles. The van der Waals surface area contributed by atoms with Crippen LogP contribution in [0.1, 0.15) is 58.8 Å². The third kappa shape index (κ3) is 3.76. The number of rotatable bonds is 2. The molecule has 0 amide bonds. The lowest BCUT2D eigenvalue weighted by atomic mass is 9.82. The highest BCUT2D eigenvalue weighted by atomic mass is 16.3. The van der Waals surface area contributed by atoms with E-state index < -0.39 is 0 Å². The summed E-state index contributed by atoms with van der Waals surface area (Å²) in [7, 11) is 0. The smallest absolute Gasteiger partial charge is 0.0721 e. The third-order valence-electron chi connectivity index (χ3n) is 3.64. The Morgan fingerprint density at radius 1 is 1.00 bits per heavy atom. The van der Waals surface area contributed by atoms with Gasteiger partial charge in [0.15, 0.2) is 0 Å². The molecule has 2 heteroatoms. The van der Waals surface area contributed by atoms with Gasteiger partial charge in [-0.1, -0.05) is 33.1 Å². The maximum absolute atomic E-state index is 10.1. The van der Waals surface area contributed by atoms with E-state index in [1.54, 1.807) is 0 Å². The molecule has 0 aromatic heterocycles. The van der Waals surface area contributed by atoms with Gasteiger partial charge in [0, 0.05) is 6.04 Å². The SMILES string of the molecule is CC.OC(C1CCCCC1)C1CCCN1. The normalized spacial score (nSPS) is 29.4. The largest absolute Gasteiger partial charge is 0.391 e. The first-order valence-corrected chi connectivity index (χ1v) is 6.79. The monoisotopic (exact) mass is 213 g/mol. The molecule has 1 heterocycles. The molecule has 2 fully saturated rings. The maximum Gasteiger partial charge on any atom is 0.0721 e. The summed E-state index contributed by atoms with van der Waals surface area (Å²) in [5, 5.41) is 13.5. The molecule has 1 saturated heterocycles. The molecule has 0 aromatic carbocycles. The molecule has 1 aliphatic carbocycles. The third-order valence-corrected chi connectivity index (χ3v) is 3.64. The predicted molar refractivity (Wildman–Crippen MR) is 65.0 cm³/mol. The second-order valence-corrected chi connectivity index (χ2v) is 4.59. The van der Waals surface area contributed by atoms with E-state index in [2.05, 4.69) is 5.32 Å². The average Bonchev–Trinajstić information content (AvgIpc) is 2.85. The van der Waals surface area contributed by atoms with Crippen molar-refractivity contribution in [1.82, 2.24) is 5.32 Å². The van der Waals surface area contributed by atoms with Crippen LogP contribution in [0.3, 0.4) is 0 Å². The van der Waals surface area contributed by atoms with Crippen LogP contribution in [0, 0.1) is 5.92 Å². The first kappa shape index (κ1) is 13.0. The van der Waals surface area contributed by atoms with Gasteiger partial charge >= 0.3 is 0 Å². The highest BCUT2D eigenvalue weighted by molar-refractivity contribution is 4.86. The van der Waals surface area contributed by atoms with Gasteiger partial charge in [-0.05, 0) is 38.1 Å². The van der Waals surface area contributed by atoms with Gasteiger partial charge in [-0.2, -0.15) is 0 Å². The standard InChI is InChI=1S/C11H21NO.C2H6/c13-11(10-7-4-8-12-10)9-5-2-1-3-6-9;1-2/h9-13H,1-8H2;1-2H3. The minimum Gasteiger partial charge on any atom is -0.391 e. The lowest BCUT2D eigenvalue weighted by Gasteiger charge is -2.30. The minimum atomic E-state index is -0.0669. The Kier molecular flexibility index (Phi) is 6.26. The van der Waals surface area contributed by atoms with E-state index in [4.69, 9.17) is 0 Å². The van der Waals surface area contributed by atoms with Crippen molar-refractivity contribution >= 4 is 0 Å². The number of aliphatic hydroxyl groups is 1. The van der Waals surface area contributed by atoms with E-state index >= 15 is 0 Å². The van der Waals surface area contributed by atoms with Crippen LogP contribution in [-0.4, -0.2) is 23.8 Å². The fraction of sp³-hybridized carbons (Fsp3) is 1.00. The average molecular weight is 213 g/mol. The molecule has 2 rings (SSSR count). The first-order valence-electron chi connectivity index (χ1n) is 6.79. The minimum absolute atomic E-state index is 0.0669. The Morgan fingerprint density at radius 3 is 2.20 bits per heavy atom. The zero-order chi connectivity index (χ0) is 11.1. The molecular weight excluding hydrogens is 186 g/mol. The molecule has 0 aromatic rings. The van der Waals surface area contributed by atoms with Crippen LogP contribution in [0.15, 0.2) is 0 Å². The van der Waals surface area contributed by atoms with E-state index in [1.165, 1.54) is 44.9 Å². The molecule has 2 atom stereocenters. The lowest BCUT2D eigenvalue weighted by molar-refractivity contribution is 0.0561. The Morgan fingerprint density at radius 2 is 1.67 bits per heavy atom. The second-order valence-electron chi connectivity index (χ2n) is 4.59. The van der Waals surface area contributed by atoms with Gasteiger partial charge in [0.1, 0.15) is 0 Å². The van der Waals surface area contributed by atoms with Crippen LogP contribution in [0.25, 0.3) is 0 Å². The molecule has 1 aliphatic heterocycles. The summed E-state index contributed by atoms with van der Waals surface area (Å²) >= 11 is 0. The van der Waals surface area contributed by atoms with Crippen molar-refractivity contribution in [3.05, 3.63) is 0 Å². The zero-order valence-electron chi connectivity index (χ0n) is 10.3. The Labute approximate surface area is 94.5 Å². The molecule has 15 heavy (non-hydrogen) atoms. The first-order chi connectivity index (χ1) is 7.38. The summed E-state index contributed by atoms with van der Waals surface area (Å²) in [5.74, 6) is 0.587. The van der Waals surface area contributed by atoms with E-state index in [9.17, 15) is 5.11 Å². The Bertz CT molecular complexity index is 149. The number of aliphatic hydroxyl groups excluding tert-OH is 1. The summed E-state index contributed by atoms with van der Waals surface area (Å²) < 4.78 is 0. The lowest BCUT2D eigenvalue weighted by Crippen LogP contribution is -2.40. The molecule has 2 unspecified atom stereocenters. The van der Waals surface area contributed by atoms with E-state index in [0.29, 0.717) is 12.0 Å². The number of hydrogen-bond acceptors (Lipinski definition) is 2. The molecular formula is C13H27NO. The Balaban J connectivity index is 0.000000531. The van der Waals surface area contributed by atoms with Gasteiger partial charge in [-0.15, -0.1) is 0 Å². The summed E-state index contributed by atoms with van der Waals surface area (Å²) in [4.78, 5) is 0. The topological polar surface area (TPSA) is 32.3 Å². The van der Waals surface area contributed by atoms with Crippen molar-refractivity contribution in [1.29, 1.82) is 0 Å². The molecule has 2 nitrogen and oxygen atoms in total. The van der Waals surface area contributed by atoms with Crippen LogP contribution < -0.4 is 5.32 Å². The molecule has 0 radical (unpaired) electrons. The highest BCUT2D eigenvalue weighted by Gasteiger charge is 2.30. The van der Waals surface area contributed by atoms with Gasteiger partial charge in [-0.25, -0.2) is 0 Å². The van der Waals surface area contributed by atoms with E-state index in [1.807, 2.05) is 13.8 Å².